The number of amidine groups is 1. The summed E-state index contributed by atoms with van der Waals surface area (Å²) in [5.41, 5.74) is 6.81. The van der Waals surface area contributed by atoms with Crippen LogP contribution in [0.15, 0.2) is 29.4 Å². The topological polar surface area (TPSA) is 67.8 Å². The van der Waals surface area contributed by atoms with Crippen molar-refractivity contribution in [2.45, 2.75) is 39.0 Å². The molecule has 0 spiro atoms. The van der Waals surface area contributed by atoms with Crippen LogP contribution in [0, 0.1) is 0 Å². The van der Waals surface area contributed by atoms with Gasteiger partial charge in [0.15, 0.2) is 0 Å². The smallest absolute Gasteiger partial charge is 0.139 e. The quantitative estimate of drug-likeness (QED) is 0.277. The first kappa shape index (κ1) is 14.4. The van der Waals surface area contributed by atoms with Gasteiger partial charge < -0.3 is 15.7 Å². The van der Waals surface area contributed by atoms with E-state index in [1.54, 1.807) is 0 Å². The van der Waals surface area contributed by atoms with E-state index in [4.69, 9.17) is 15.7 Å². The van der Waals surface area contributed by atoms with Gasteiger partial charge in [-0.25, -0.2) is 0 Å². The molecule has 0 saturated carbocycles. The molecule has 0 saturated heterocycles. The van der Waals surface area contributed by atoms with Crippen molar-refractivity contribution in [1.82, 2.24) is 0 Å². The highest BCUT2D eigenvalue weighted by Crippen LogP contribution is 2.24. The molecule has 4 nitrogen and oxygen atoms in total. The van der Waals surface area contributed by atoms with Crippen LogP contribution in [0.2, 0.25) is 0 Å². The summed E-state index contributed by atoms with van der Waals surface area (Å²) < 4.78 is 5.58. The molecule has 0 aliphatic carbocycles. The van der Waals surface area contributed by atoms with E-state index in [9.17, 15) is 0 Å². The number of benzene rings is 1. The molecule has 1 aromatic carbocycles. The molecular weight excluding hydrogens is 228 g/mol. The molecule has 1 rings (SSSR count). The first-order valence-electron chi connectivity index (χ1n) is 6.13. The number of hydrogen-bond donors (Lipinski definition) is 2. The van der Waals surface area contributed by atoms with E-state index in [1.165, 1.54) is 5.56 Å². The Kier molecular flexibility index (Phi) is 5.01. The highest BCUT2D eigenvalue weighted by Gasteiger charge is 2.12. The van der Waals surface area contributed by atoms with Crippen LogP contribution in [0.25, 0.3) is 0 Å². The third kappa shape index (κ3) is 4.65. The summed E-state index contributed by atoms with van der Waals surface area (Å²) >= 11 is 0. The van der Waals surface area contributed by atoms with Gasteiger partial charge in [-0.05, 0) is 29.5 Å². The molecule has 0 unspecified atom stereocenters. The standard InChI is InChI=1S/C14H22N2O2/c1-14(2,3)11-6-8-12(9-7-11)18-10-4-5-13(15)16-17/h6-9,17H,4-5,10H2,1-3H3,(H2,15,16). The van der Waals surface area contributed by atoms with Gasteiger partial charge in [0, 0.05) is 6.42 Å². The number of ether oxygens (including phenoxy) is 1. The molecule has 1 aromatic rings. The van der Waals surface area contributed by atoms with Gasteiger partial charge in [-0.15, -0.1) is 0 Å². The first-order chi connectivity index (χ1) is 8.43. The minimum absolute atomic E-state index is 0.157. The molecule has 3 N–H and O–H groups in total. The minimum atomic E-state index is 0.157. The fraction of sp³-hybridized carbons (Fsp3) is 0.500. The van der Waals surface area contributed by atoms with Gasteiger partial charge in [0.05, 0.1) is 6.61 Å². The molecule has 100 valence electrons. The summed E-state index contributed by atoms with van der Waals surface area (Å²) in [4.78, 5) is 0. The lowest BCUT2D eigenvalue weighted by molar-refractivity contribution is 0.305. The molecule has 18 heavy (non-hydrogen) atoms. The number of oxime groups is 1. The van der Waals surface area contributed by atoms with E-state index < -0.39 is 0 Å². The highest BCUT2D eigenvalue weighted by atomic mass is 16.5. The van der Waals surface area contributed by atoms with Crippen molar-refractivity contribution in [3.05, 3.63) is 29.8 Å². The van der Waals surface area contributed by atoms with Gasteiger partial charge in [0.25, 0.3) is 0 Å². The van der Waals surface area contributed by atoms with E-state index in [-0.39, 0.29) is 11.3 Å². The first-order valence-corrected chi connectivity index (χ1v) is 6.13. The maximum Gasteiger partial charge on any atom is 0.139 e. The van der Waals surface area contributed by atoms with E-state index >= 15 is 0 Å². The van der Waals surface area contributed by atoms with Gasteiger partial charge in [0.2, 0.25) is 0 Å². The average Bonchev–Trinajstić information content (AvgIpc) is 2.33. The molecule has 0 aromatic heterocycles. The zero-order chi connectivity index (χ0) is 13.6. The van der Waals surface area contributed by atoms with Crippen molar-refractivity contribution in [2.24, 2.45) is 10.9 Å². The molecule has 0 amide bonds. The van der Waals surface area contributed by atoms with Crippen molar-refractivity contribution in [3.63, 3.8) is 0 Å². The third-order valence-corrected chi connectivity index (χ3v) is 2.69. The maximum atomic E-state index is 8.38. The summed E-state index contributed by atoms with van der Waals surface area (Å²) in [7, 11) is 0. The van der Waals surface area contributed by atoms with Gasteiger partial charge in [-0.3, -0.25) is 0 Å². The fourth-order valence-electron chi connectivity index (χ4n) is 1.54. The van der Waals surface area contributed by atoms with E-state index in [0.29, 0.717) is 13.0 Å². The van der Waals surface area contributed by atoms with Crippen LogP contribution in [0.3, 0.4) is 0 Å². The second-order valence-corrected chi connectivity index (χ2v) is 5.32. The molecule has 0 radical (unpaired) electrons. The van der Waals surface area contributed by atoms with Crippen LogP contribution >= 0.6 is 0 Å². The minimum Gasteiger partial charge on any atom is -0.494 e. The summed E-state index contributed by atoms with van der Waals surface area (Å²) in [6.45, 7) is 7.10. The zero-order valence-corrected chi connectivity index (χ0v) is 11.3. The van der Waals surface area contributed by atoms with Crippen molar-refractivity contribution >= 4 is 5.84 Å². The normalized spacial score (nSPS) is 12.5. The second kappa shape index (κ2) is 6.28. The predicted octanol–water partition coefficient (Wildman–Crippen LogP) is 2.89. The van der Waals surface area contributed by atoms with E-state index in [2.05, 4.69) is 38.1 Å². The summed E-state index contributed by atoms with van der Waals surface area (Å²) in [5, 5.41) is 11.3. The lowest BCUT2D eigenvalue weighted by atomic mass is 9.87. The Morgan fingerprint density at radius 3 is 2.39 bits per heavy atom. The molecule has 0 atom stereocenters. The van der Waals surface area contributed by atoms with Gasteiger partial charge in [0.1, 0.15) is 11.6 Å². The maximum absolute atomic E-state index is 8.38. The molecule has 0 aliphatic heterocycles. The zero-order valence-electron chi connectivity index (χ0n) is 11.3. The highest BCUT2D eigenvalue weighted by molar-refractivity contribution is 5.79. The van der Waals surface area contributed by atoms with Crippen LogP contribution < -0.4 is 10.5 Å². The summed E-state index contributed by atoms with van der Waals surface area (Å²) in [5.74, 6) is 1.09. The Bertz CT molecular complexity index is 391. The van der Waals surface area contributed by atoms with Crippen molar-refractivity contribution in [1.29, 1.82) is 0 Å². The number of hydrogen-bond acceptors (Lipinski definition) is 3. The number of rotatable bonds is 5. The molecule has 0 fully saturated rings. The largest absolute Gasteiger partial charge is 0.494 e. The Hall–Kier alpha value is -1.71. The van der Waals surface area contributed by atoms with Crippen LogP contribution in [0.4, 0.5) is 0 Å². The van der Waals surface area contributed by atoms with Crippen LogP contribution in [-0.2, 0) is 5.41 Å². The summed E-state index contributed by atoms with van der Waals surface area (Å²) in [6.07, 6.45) is 1.27. The summed E-state index contributed by atoms with van der Waals surface area (Å²) in [6, 6.07) is 8.12. The van der Waals surface area contributed by atoms with Crippen LogP contribution in [0.5, 0.6) is 5.75 Å². The average molecular weight is 250 g/mol. The van der Waals surface area contributed by atoms with Crippen molar-refractivity contribution in [3.8, 4) is 5.75 Å². The monoisotopic (exact) mass is 250 g/mol. The Labute approximate surface area is 108 Å². The van der Waals surface area contributed by atoms with Gasteiger partial charge in [-0.1, -0.05) is 38.1 Å². The van der Waals surface area contributed by atoms with Gasteiger partial charge in [-0.2, -0.15) is 0 Å². The van der Waals surface area contributed by atoms with Gasteiger partial charge >= 0.3 is 0 Å². The predicted molar refractivity (Wildman–Crippen MR) is 73.3 cm³/mol. The Morgan fingerprint density at radius 1 is 1.28 bits per heavy atom. The van der Waals surface area contributed by atoms with E-state index in [1.807, 2.05) is 12.1 Å². The number of nitrogens with zero attached hydrogens (tertiary/aromatic N) is 1. The Morgan fingerprint density at radius 2 is 1.89 bits per heavy atom. The molecular formula is C14H22N2O2. The van der Waals surface area contributed by atoms with Crippen molar-refractivity contribution in [2.75, 3.05) is 6.61 Å². The molecule has 4 heteroatoms. The second-order valence-electron chi connectivity index (χ2n) is 5.32. The lowest BCUT2D eigenvalue weighted by Gasteiger charge is -2.19. The lowest BCUT2D eigenvalue weighted by Crippen LogP contribution is -2.13. The van der Waals surface area contributed by atoms with Crippen LogP contribution in [0.1, 0.15) is 39.2 Å². The number of nitrogens with two attached hydrogens (primary N) is 1. The Balaban J connectivity index is 2.40. The molecule has 0 aliphatic rings. The third-order valence-electron chi connectivity index (χ3n) is 2.69. The fourth-order valence-corrected chi connectivity index (χ4v) is 1.54. The molecule has 0 bridgehead atoms. The van der Waals surface area contributed by atoms with Crippen molar-refractivity contribution < 1.29 is 9.94 Å². The van der Waals surface area contributed by atoms with Crippen LogP contribution in [-0.4, -0.2) is 17.6 Å². The molecule has 0 heterocycles. The van der Waals surface area contributed by atoms with E-state index in [0.717, 1.165) is 12.2 Å². The SMILES string of the molecule is CC(C)(C)c1ccc(OCCC/C(N)=N/O)cc1.